The zero-order chi connectivity index (χ0) is 13.0. The highest BCUT2D eigenvalue weighted by atomic mass is 19.1. The Kier molecular flexibility index (Phi) is 4.05. The number of hydrogen-bond acceptors (Lipinski definition) is 2. The van der Waals surface area contributed by atoms with Crippen molar-refractivity contribution in [2.75, 3.05) is 13.6 Å². The van der Waals surface area contributed by atoms with Crippen LogP contribution in [-0.2, 0) is 6.54 Å². The summed E-state index contributed by atoms with van der Waals surface area (Å²) >= 11 is 0. The molecule has 1 heterocycles. The molecule has 0 saturated carbocycles. The average molecular weight is 244 g/mol. The molecule has 0 spiro atoms. The van der Waals surface area contributed by atoms with Crippen LogP contribution in [0.2, 0.25) is 0 Å². The summed E-state index contributed by atoms with van der Waals surface area (Å²) in [4.78, 5) is 6.46. The van der Waals surface area contributed by atoms with Crippen molar-refractivity contribution < 1.29 is 4.39 Å². The van der Waals surface area contributed by atoms with Gasteiger partial charge in [0.2, 0.25) is 0 Å². The second kappa shape index (κ2) is 5.74. The van der Waals surface area contributed by atoms with E-state index < -0.39 is 0 Å². The summed E-state index contributed by atoms with van der Waals surface area (Å²) in [6.45, 7) is 4.00. The maximum atomic E-state index is 12.9. The van der Waals surface area contributed by atoms with Gasteiger partial charge in [-0.3, -0.25) is 4.98 Å². The number of hydrogen-bond donors (Lipinski definition) is 0. The minimum atomic E-state index is -0.214. The lowest BCUT2D eigenvalue weighted by atomic mass is 10.1. The van der Waals surface area contributed by atoms with Crippen molar-refractivity contribution in [1.29, 1.82) is 0 Å². The fourth-order valence-corrected chi connectivity index (χ4v) is 1.80. The van der Waals surface area contributed by atoms with Crippen LogP contribution in [0.25, 0.3) is 11.1 Å². The first-order chi connectivity index (χ1) is 8.69. The highest BCUT2D eigenvalue weighted by molar-refractivity contribution is 5.62. The topological polar surface area (TPSA) is 16.1 Å². The number of aromatic nitrogens is 1. The summed E-state index contributed by atoms with van der Waals surface area (Å²) in [7, 11) is 2.07. The molecule has 0 amide bonds. The Balaban J connectivity index is 2.24. The van der Waals surface area contributed by atoms with Crippen LogP contribution in [0.15, 0.2) is 42.7 Å². The molecule has 0 unspecified atom stereocenters. The lowest BCUT2D eigenvalue weighted by Gasteiger charge is -2.14. The van der Waals surface area contributed by atoms with Crippen molar-refractivity contribution in [3.05, 3.63) is 54.1 Å². The lowest BCUT2D eigenvalue weighted by molar-refractivity contribution is 0.345. The van der Waals surface area contributed by atoms with E-state index in [1.165, 1.54) is 17.7 Å². The van der Waals surface area contributed by atoms with Gasteiger partial charge in [0.1, 0.15) is 5.82 Å². The molecule has 0 N–H and O–H groups in total. The molecule has 0 aliphatic heterocycles. The van der Waals surface area contributed by atoms with Gasteiger partial charge in [0.05, 0.1) is 0 Å². The average Bonchev–Trinajstić information content (AvgIpc) is 2.40. The summed E-state index contributed by atoms with van der Waals surface area (Å²) in [5.41, 5.74) is 3.18. The fourth-order valence-electron chi connectivity index (χ4n) is 1.80. The van der Waals surface area contributed by atoms with E-state index in [1.807, 2.05) is 12.4 Å². The Hall–Kier alpha value is -1.74. The van der Waals surface area contributed by atoms with E-state index in [0.29, 0.717) is 0 Å². The molecule has 2 aromatic rings. The van der Waals surface area contributed by atoms with Crippen molar-refractivity contribution >= 4 is 0 Å². The molecular formula is C15H17FN2. The Labute approximate surface area is 107 Å². The molecule has 94 valence electrons. The highest BCUT2D eigenvalue weighted by Crippen LogP contribution is 2.20. The number of halogens is 1. The largest absolute Gasteiger partial charge is 0.302 e. The van der Waals surface area contributed by atoms with Gasteiger partial charge in [-0.1, -0.05) is 19.1 Å². The summed E-state index contributed by atoms with van der Waals surface area (Å²) in [6.07, 6.45) is 3.68. The molecule has 3 heteroatoms. The Bertz CT molecular complexity index is 508. The minimum Gasteiger partial charge on any atom is -0.302 e. The normalized spacial score (nSPS) is 10.9. The van der Waals surface area contributed by atoms with Gasteiger partial charge in [0.15, 0.2) is 0 Å². The summed E-state index contributed by atoms with van der Waals surface area (Å²) in [6, 6.07) is 8.60. The maximum Gasteiger partial charge on any atom is 0.123 e. The van der Waals surface area contributed by atoms with E-state index in [9.17, 15) is 4.39 Å². The van der Waals surface area contributed by atoms with E-state index in [-0.39, 0.29) is 5.82 Å². The van der Waals surface area contributed by atoms with Crippen molar-refractivity contribution in [3.8, 4) is 11.1 Å². The first-order valence-corrected chi connectivity index (χ1v) is 6.07. The first-order valence-electron chi connectivity index (χ1n) is 6.07. The van der Waals surface area contributed by atoms with Gasteiger partial charge in [-0.25, -0.2) is 4.39 Å². The van der Waals surface area contributed by atoms with Crippen LogP contribution < -0.4 is 0 Å². The number of benzene rings is 1. The van der Waals surface area contributed by atoms with Crippen LogP contribution in [0.1, 0.15) is 12.5 Å². The molecule has 18 heavy (non-hydrogen) atoms. The quantitative estimate of drug-likeness (QED) is 0.820. The van der Waals surface area contributed by atoms with Gasteiger partial charge in [0.25, 0.3) is 0 Å². The smallest absolute Gasteiger partial charge is 0.123 e. The second-order valence-corrected chi connectivity index (χ2v) is 4.42. The lowest BCUT2D eigenvalue weighted by Crippen LogP contribution is -2.16. The summed E-state index contributed by atoms with van der Waals surface area (Å²) < 4.78 is 12.9. The third-order valence-corrected chi connectivity index (χ3v) is 2.96. The van der Waals surface area contributed by atoms with Crippen molar-refractivity contribution in [2.24, 2.45) is 0 Å². The standard InChI is InChI=1S/C15H17FN2/c1-3-18(2)11-12-8-14(10-17-9-12)13-4-6-15(16)7-5-13/h4-10H,3,11H2,1-2H3. The Morgan fingerprint density at radius 1 is 1.11 bits per heavy atom. The molecule has 0 aliphatic carbocycles. The molecule has 0 radical (unpaired) electrons. The zero-order valence-electron chi connectivity index (χ0n) is 10.7. The van der Waals surface area contributed by atoms with E-state index in [2.05, 4.69) is 29.9 Å². The molecule has 0 aliphatic rings. The van der Waals surface area contributed by atoms with E-state index in [1.54, 1.807) is 12.1 Å². The van der Waals surface area contributed by atoms with Crippen molar-refractivity contribution in [1.82, 2.24) is 9.88 Å². The number of pyridine rings is 1. The predicted molar refractivity (Wildman–Crippen MR) is 71.6 cm³/mol. The van der Waals surface area contributed by atoms with Crippen LogP contribution in [0.3, 0.4) is 0 Å². The Morgan fingerprint density at radius 2 is 1.83 bits per heavy atom. The number of nitrogens with zero attached hydrogens (tertiary/aromatic N) is 2. The molecular weight excluding hydrogens is 227 g/mol. The van der Waals surface area contributed by atoms with Crippen LogP contribution >= 0.6 is 0 Å². The molecule has 2 nitrogen and oxygen atoms in total. The summed E-state index contributed by atoms with van der Waals surface area (Å²) in [5, 5.41) is 0. The zero-order valence-corrected chi connectivity index (χ0v) is 10.7. The molecule has 0 fully saturated rings. The molecule has 1 aromatic carbocycles. The van der Waals surface area contributed by atoms with Crippen LogP contribution in [-0.4, -0.2) is 23.5 Å². The third kappa shape index (κ3) is 3.14. The monoisotopic (exact) mass is 244 g/mol. The molecule has 2 rings (SSSR count). The number of rotatable bonds is 4. The van der Waals surface area contributed by atoms with E-state index in [0.717, 1.165) is 24.2 Å². The van der Waals surface area contributed by atoms with Gasteiger partial charge < -0.3 is 4.90 Å². The molecule has 0 atom stereocenters. The van der Waals surface area contributed by atoms with Gasteiger partial charge in [-0.2, -0.15) is 0 Å². The molecule has 0 bridgehead atoms. The molecule has 1 aromatic heterocycles. The van der Waals surface area contributed by atoms with Crippen LogP contribution in [0.5, 0.6) is 0 Å². The van der Waals surface area contributed by atoms with Crippen molar-refractivity contribution in [2.45, 2.75) is 13.5 Å². The van der Waals surface area contributed by atoms with Crippen LogP contribution in [0.4, 0.5) is 4.39 Å². The van der Waals surface area contributed by atoms with Gasteiger partial charge >= 0.3 is 0 Å². The van der Waals surface area contributed by atoms with E-state index >= 15 is 0 Å². The SMILES string of the molecule is CCN(C)Cc1cncc(-c2ccc(F)cc2)c1. The first kappa shape index (κ1) is 12.7. The minimum absolute atomic E-state index is 0.214. The molecule has 0 saturated heterocycles. The predicted octanol–water partition coefficient (Wildman–Crippen LogP) is 3.34. The highest BCUT2D eigenvalue weighted by Gasteiger charge is 2.02. The van der Waals surface area contributed by atoms with E-state index in [4.69, 9.17) is 0 Å². The van der Waals surface area contributed by atoms with Gasteiger partial charge in [-0.05, 0) is 42.9 Å². The Morgan fingerprint density at radius 3 is 2.50 bits per heavy atom. The van der Waals surface area contributed by atoms with Crippen LogP contribution in [0, 0.1) is 5.82 Å². The third-order valence-electron chi connectivity index (χ3n) is 2.96. The fraction of sp³-hybridized carbons (Fsp3) is 0.267. The van der Waals surface area contributed by atoms with Gasteiger partial charge in [0, 0.05) is 24.5 Å². The second-order valence-electron chi connectivity index (χ2n) is 4.42. The van der Waals surface area contributed by atoms with Gasteiger partial charge in [-0.15, -0.1) is 0 Å². The van der Waals surface area contributed by atoms with Crippen molar-refractivity contribution in [3.63, 3.8) is 0 Å². The maximum absolute atomic E-state index is 12.9. The summed E-state index contributed by atoms with van der Waals surface area (Å²) in [5.74, 6) is -0.214.